The zero-order valence-electron chi connectivity index (χ0n) is 11.8. The molecule has 1 saturated heterocycles. The van der Waals surface area contributed by atoms with Crippen LogP contribution < -0.4 is 0 Å². The van der Waals surface area contributed by atoms with E-state index in [1.54, 1.807) is 0 Å². The first-order valence-corrected chi connectivity index (χ1v) is 6.70. The Labute approximate surface area is 107 Å². The maximum Gasteiger partial charge on any atom is 0.0437 e. The van der Waals surface area contributed by atoms with E-state index in [-0.39, 0.29) is 5.41 Å². The van der Waals surface area contributed by atoms with Gasteiger partial charge in [-0.1, -0.05) is 58.9 Å². The Morgan fingerprint density at radius 2 is 1.76 bits per heavy atom. The molecule has 0 saturated carbocycles. The fraction of sp³-hybridized carbons (Fsp3) is 0.625. The summed E-state index contributed by atoms with van der Waals surface area (Å²) in [6.45, 7) is 20.2. The SMILES string of the molecule is C=C1CCC(=C)N1CC(=C)C(C)(C)CCCC. The molecule has 0 radical (unpaired) electrons. The van der Waals surface area contributed by atoms with Crippen molar-refractivity contribution >= 4 is 0 Å². The number of nitrogens with zero attached hydrogens (tertiary/aromatic N) is 1. The molecule has 0 amide bonds. The molecule has 0 aromatic heterocycles. The predicted molar refractivity (Wildman–Crippen MR) is 76.7 cm³/mol. The Morgan fingerprint density at radius 1 is 1.24 bits per heavy atom. The molecule has 17 heavy (non-hydrogen) atoms. The largest absolute Gasteiger partial charge is 0.346 e. The van der Waals surface area contributed by atoms with Crippen molar-refractivity contribution in [2.24, 2.45) is 5.41 Å². The molecule has 0 bridgehead atoms. The van der Waals surface area contributed by atoms with E-state index in [9.17, 15) is 0 Å². The minimum Gasteiger partial charge on any atom is -0.346 e. The van der Waals surface area contributed by atoms with E-state index < -0.39 is 0 Å². The number of likely N-dealkylation sites (tertiary alicyclic amines) is 1. The van der Waals surface area contributed by atoms with Crippen LogP contribution >= 0.6 is 0 Å². The predicted octanol–water partition coefficient (Wildman–Crippen LogP) is 4.88. The molecule has 0 aliphatic carbocycles. The summed E-state index contributed by atoms with van der Waals surface area (Å²) in [5, 5.41) is 0. The standard InChI is InChI=1S/C16H27N/c1-7-8-11-16(5,6)13(2)12-17-14(3)9-10-15(17)4/h2-4,7-12H2,1,5-6H3. The highest BCUT2D eigenvalue weighted by molar-refractivity contribution is 5.21. The Hall–Kier alpha value is -0.980. The first kappa shape index (κ1) is 14.1. The van der Waals surface area contributed by atoms with Gasteiger partial charge in [0.2, 0.25) is 0 Å². The second kappa shape index (κ2) is 5.57. The molecule has 1 rings (SSSR count). The highest BCUT2D eigenvalue weighted by Gasteiger charge is 2.26. The van der Waals surface area contributed by atoms with Crippen LogP contribution in [0.3, 0.4) is 0 Å². The topological polar surface area (TPSA) is 3.24 Å². The summed E-state index contributed by atoms with van der Waals surface area (Å²) < 4.78 is 0. The monoisotopic (exact) mass is 233 g/mol. The lowest BCUT2D eigenvalue weighted by atomic mass is 9.80. The average molecular weight is 233 g/mol. The highest BCUT2D eigenvalue weighted by atomic mass is 15.2. The Bertz CT molecular complexity index is 306. The Kier molecular flexibility index (Phi) is 4.62. The summed E-state index contributed by atoms with van der Waals surface area (Å²) in [5.41, 5.74) is 3.92. The minimum atomic E-state index is 0.221. The van der Waals surface area contributed by atoms with E-state index in [0.29, 0.717) is 0 Å². The summed E-state index contributed by atoms with van der Waals surface area (Å²) in [6, 6.07) is 0. The average Bonchev–Trinajstić information content (AvgIpc) is 2.58. The van der Waals surface area contributed by atoms with Crippen molar-refractivity contribution < 1.29 is 0 Å². The second-order valence-corrected chi connectivity index (χ2v) is 5.81. The third-order valence-corrected chi connectivity index (χ3v) is 3.93. The van der Waals surface area contributed by atoms with E-state index >= 15 is 0 Å². The van der Waals surface area contributed by atoms with Crippen LogP contribution in [0.1, 0.15) is 52.9 Å². The molecule has 0 aromatic rings. The van der Waals surface area contributed by atoms with Gasteiger partial charge in [0.15, 0.2) is 0 Å². The summed E-state index contributed by atoms with van der Waals surface area (Å²) in [7, 11) is 0. The van der Waals surface area contributed by atoms with Crippen LogP contribution in [-0.4, -0.2) is 11.4 Å². The molecule has 1 nitrogen and oxygen atoms in total. The van der Waals surface area contributed by atoms with Gasteiger partial charge < -0.3 is 4.90 Å². The van der Waals surface area contributed by atoms with Crippen LogP contribution in [0.15, 0.2) is 36.7 Å². The van der Waals surface area contributed by atoms with Gasteiger partial charge in [-0.25, -0.2) is 0 Å². The fourth-order valence-corrected chi connectivity index (χ4v) is 2.21. The number of allylic oxidation sites excluding steroid dienone is 2. The number of hydrogen-bond acceptors (Lipinski definition) is 1. The lowest BCUT2D eigenvalue weighted by Crippen LogP contribution is -2.25. The van der Waals surface area contributed by atoms with Crippen molar-refractivity contribution in [3.05, 3.63) is 36.7 Å². The van der Waals surface area contributed by atoms with Gasteiger partial charge in [-0.3, -0.25) is 0 Å². The lowest BCUT2D eigenvalue weighted by molar-refractivity contribution is 0.354. The molecule has 1 fully saturated rings. The van der Waals surface area contributed by atoms with Crippen molar-refractivity contribution in [1.82, 2.24) is 4.90 Å². The normalized spacial score (nSPS) is 16.8. The van der Waals surface area contributed by atoms with Crippen LogP contribution in [0.5, 0.6) is 0 Å². The smallest absolute Gasteiger partial charge is 0.0437 e. The van der Waals surface area contributed by atoms with Gasteiger partial charge in [0.05, 0.1) is 0 Å². The van der Waals surface area contributed by atoms with Crippen LogP contribution in [0.4, 0.5) is 0 Å². The summed E-state index contributed by atoms with van der Waals surface area (Å²) in [5.74, 6) is 0. The molecule has 1 heteroatoms. The maximum atomic E-state index is 4.29. The van der Waals surface area contributed by atoms with E-state index in [1.165, 1.54) is 36.2 Å². The second-order valence-electron chi connectivity index (χ2n) is 5.81. The quantitative estimate of drug-likeness (QED) is 0.591. The molecular weight excluding hydrogens is 206 g/mol. The van der Waals surface area contributed by atoms with Gasteiger partial charge in [0, 0.05) is 17.9 Å². The van der Waals surface area contributed by atoms with Crippen molar-refractivity contribution in [1.29, 1.82) is 0 Å². The molecule has 0 spiro atoms. The Morgan fingerprint density at radius 3 is 2.24 bits per heavy atom. The zero-order valence-corrected chi connectivity index (χ0v) is 11.8. The molecule has 0 N–H and O–H groups in total. The van der Waals surface area contributed by atoms with Crippen molar-refractivity contribution in [2.45, 2.75) is 52.9 Å². The number of unbranched alkanes of at least 4 members (excludes halogenated alkanes) is 1. The van der Waals surface area contributed by atoms with Gasteiger partial charge in [0.25, 0.3) is 0 Å². The van der Waals surface area contributed by atoms with Crippen molar-refractivity contribution in [3.63, 3.8) is 0 Å². The number of rotatable bonds is 6. The molecule has 96 valence electrons. The molecule has 1 aliphatic rings. The van der Waals surface area contributed by atoms with Gasteiger partial charge in [0.1, 0.15) is 0 Å². The molecule has 1 aliphatic heterocycles. The first-order valence-electron chi connectivity index (χ1n) is 6.70. The highest BCUT2D eigenvalue weighted by Crippen LogP contribution is 2.35. The van der Waals surface area contributed by atoms with Crippen molar-refractivity contribution in [2.75, 3.05) is 6.54 Å². The van der Waals surface area contributed by atoms with E-state index in [2.05, 4.69) is 45.4 Å². The molecular formula is C16H27N. The minimum absolute atomic E-state index is 0.221. The lowest BCUT2D eigenvalue weighted by Gasteiger charge is -2.32. The van der Waals surface area contributed by atoms with E-state index in [4.69, 9.17) is 0 Å². The van der Waals surface area contributed by atoms with E-state index in [1.807, 2.05) is 0 Å². The van der Waals surface area contributed by atoms with Crippen LogP contribution in [0.2, 0.25) is 0 Å². The Balaban J connectivity index is 2.59. The summed E-state index contributed by atoms with van der Waals surface area (Å²) in [4.78, 5) is 2.25. The number of hydrogen-bond donors (Lipinski definition) is 0. The summed E-state index contributed by atoms with van der Waals surface area (Å²) in [6.07, 6.45) is 5.85. The van der Waals surface area contributed by atoms with Gasteiger partial charge >= 0.3 is 0 Å². The molecule has 0 aromatic carbocycles. The molecule has 1 heterocycles. The van der Waals surface area contributed by atoms with Crippen LogP contribution in [0, 0.1) is 5.41 Å². The van der Waals surface area contributed by atoms with Gasteiger partial charge in [-0.05, 0) is 24.7 Å². The summed E-state index contributed by atoms with van der Waals surface area (Å²) >= 11 is 0. The zero-order chi connectivity index (χ0) is 13.1. The third kappa shape index (κ3) is 3.49. The van der Waals surface area contributed by atoms with Gasteiger partial charge in [-0.2, -0.15) is 0 Å². The van der Waals surface area contributed by atoms with E-state index in [0.717, 1.165) is 19.4 Å². The third-order valence-electron chi connectivity index (χ3n) is 3.93. The van der Waals surface area contributed by atoms with Gasteiger partial charge in [-0.15, -0.1) is 0 Å². The fourth-order valence-electron chi connectivity index (χ4n) is 2.21. The first-order chi connectivity index (χ1) is 7.88. The molecule has 0 atom stereocenters. The maximum absolute atomic E-state index is 4.29. The molecule has 0 unspecified atom stereocenters. The van der Waals surface area contributed by atoms with Crippen LogP contribution in [-0.2, 0) is 0 Å². The van der Waals surface area contributed by atoms with Crippen LogP contribution in [0.25, 0.3) is 0 Å². The van der Waals surface area contributed by atoms with Crippen molar-refractivity contribution in [3.8, 4) is 0 Å².